The maximum absolute atomic E-state index is 10.4. The predicted octanol–water partition coefficient (Wildman–Crippen LogP) is 0.0469. The van der Waals surface area contributed by atoms with Crippen molar-refractivity contribution in [3.8, 4) is 0 Å². The number of hydrogen-bond acceptors (Lipinski definition) is 3. The van der Waals surface area contributed by atoms with Crippen LogP contribution in [0.25, 0.3) is 0 Å². The summed E-state index contributed by atoms with van der Waals surface area (Å²) in [7, 11) is -3.53. The minimum Gasteiger partial charge on any atom is -0.210 e. The van der Waals surface area contributed by atoms with E-state index >= 15 is 0 Å². The van der Waals surface area contributed by atoms with Crippen LogP contribution in [0.5, 0.6) is 0 Å². The van der Waals surface area contributed by atoms with Crippen LogP contribution < -0.4 is 0 Å². The van der Waals surface area contributed by atoms with Gasteiger partial charge in [0.05, 0.1) is 5.75 Å². The lowest BCUT2D eigenvalue weighted by Crippen LogP contribution is -2.02. The van der Waals surface area contributed by atoms with Crippen LogP contribution in [-0.4, -0.2) is 25.6 Å². The summed E-state index contributed by atoms with van der Waals surface area (Å²) in [4.78, 5) is 9.41. The van der Waals surface area contributed by atoms with E-state index in [1.807, 2.05) is 0 Å². The average molecular weight is 214 g/mol. The monoisotopic (exact) mass is 213 g/mol. The fraction of sp³-hybridized carbons (Fsp3) is 0.667. The van der Waals surface area contributed by atoms with E-state index in [2.05, 4.69) is 20.3 Å². The van der Waals surface area contributed by atoms with Gasteiger partial charge < -0.3 is 0 Å². The molecular formula is C3H4BrNO3S. The molecule has 0 aliphatic carbocycles. The molecule has 0 aromatic rings. The van der Waals surface area contributed by atoms with Gasteiger partial charge in [-0.05, 0) is 0 Å². The summed E-state index contributed by atoms with van der Waals surface area (Å²) >= 11 is 2.89. The molecule has 0 saturated carbocycles. The van der Waals surface area contributed by atoms with Crippen molar-refractivity contribution in [1.29, 1.82) is 0 Å². The van der Waals surface area contributed by atoms with Gasteiger partial charge in [-0.25, -0.2) is 13.2 Å². The van der Waals surface area contributed by atoms with E-state index in [1.165, 1.54) is 0 Å². The van der Waals surface area contributed by atoms with Crippen molar-refractivity contribution in [1.82, 2.24) is 0 Å². The van der Waals surface area contributed by atoms with Crippen LogP contribution in [0.15, 0.2) is 4.40 Å². The van der Waals surface area contributed by atoms with Crippen molar-refractivity contribution < 1.29 is 13.2 Å². The zero-order valence-corrected chi connectivity index (χ0v) is 6.77. The first-order valence-corrected chi connectivity index (χ1v) is 4.73. The van der Waals surface area contributed by atoms with E-state index in [0.29, 0.717) is 0 Å². The Balaban J connectivity index is 4.22. The largest absolute Gasteiger partial charge is 0.264 e. The van der Waals surface area contributed by atoms with Gasteiger partial charge >= 0.3 is 0 Å². The first kappa shape index (κ1) is 8.81. The average Bonchev–Trinajstić information content (AvgIpc) is 1.64. The molecular weight excluding hydrogens is 210 g/mol. The number of hydrogen-bond donors (Lipinski definition) is 0. The lowest BCUT2D eigenvalue weighted by Gasteiger charge is -1.86. The zero-order chi connectivity index (χ0) is 7.33. The molecule has 0 radical (unpaired) electrons. The minimum atomic E-state index is -3.53. The van der Waals surface area contributed by atoms with Crippen molar-refractivity contribution >= 4 is 32.0 Å². The summed E-state index contributed by atoms with van der Waals surface area (Å²) in [6, 6.07) is 0. The van der Waals surface area contributed by atoms with Gasteiger partial charge in [-0.3, -0.25) is 0 Å². The molecule has 0 heterocycles. The molecule has 0 rings (SSSR count). The number of isocyanates is 1. The Morgan fingerprint density at radius 2 is 2.11 bits per heavy atom. The third-order valence-electron chi connectivity index (χ3n) is 0.511. The van der Waals surface area contributed by atoms with Crippen LogP contribution >= 0.6 is 15.9 Å². The Hall–Kier alpha value is -0.190. The summed E-state index contributed by atoms with van der Waals surface area (Å²) in [6.07, 6.45) is 0.959. The highest BCUT2D eigenvalue weighted by molar-refractivity contribution is 9.09. The SMILES string of the molecule is O=C=NS(=O)(=O)CCBr. The first-order valence-electron chi connectivity index (χ1n) is 2.00. The highest BCUT2D eigenvalue weighted by atomic mass is 79.9. The molecule has 52 valence electrons. The van der Waals surface area contributed by atoms with Crippen molar-refractivity contribution in [2.24, 2.45) is 4.40 Å². The molecule has 0 N–H and O–H groups in total. The second-order valence-electron chi connectivity index (χ2n) is 1.16. The van der Waals surface area contributed by atoms with Crippen molar-refractivity contribution in [3.63, 3.8) is 0 Å². The van der Waals surface area contributed by atoms with Crippen LogP contribution in [-0.2, 0) is 14.8 Å². The van der Waals surface area contributed by atoms with Gasteiger partial charge in [0.1, 0.15) is 0 Å². The van der Waals surface area contributed by atoms with Gasteiger partial charge in [-0.1, -0.05) is 20.3 Å². The molecule has 0 atom stereocenters. The smallest absolute Gasteiger partial charge is 0.210 e. The lowest BCUT2D eigenvalue weighted by atomic mass is 11.0. The third-order valence-corrected chi connectivity index (χ3v) is 2.51. The molecule has 0 amide bonds. The molecule has 0 aromatic heterocycles. The van der Waals surface area contributed by atoms with Crippen LogP contribution in [0, 0.1) is 0 Å². The Morgan fingerprint density at radius 3 is 2.44 bits per heavy atom. The Kier molecular flexibility index (Phi) is 3.68. The first-order chi connectivity index (χ1) is 4.12. The van der Waals surface area contributed by atoms with Gasteiger partial charge in [0.15, 0.2) is 0 Å². The summed E-state index contributed by atoms with van der Waals surface area (Å²) in [5, 5.41) is 0.278. The standard InChI is InChI=1S/C3H4BrNO3S/c4-1-2-9(7,8)5-3-6/h1-2H2. The third kappa shape index (κ3) is 4.32. The zero-order valence-electron chi connectivity index (χ0n) is 4.37. The molecule has 0 fully saturated rings. The van der Waals surface area contributed by atoms with Crippen molar-refractivity contribution in [2.45, 2.75) is 0 Å². The predicted molar refractivity (Wildman–Crippen MR) is 35.7 cm³/mol. The van der Waals surface area contributed by atoms with E-state index in [0.717, 1.165) is 6.08 Å². The fourth-order valence-corrected chi connectivity index (χ4v) is 1.83. The van der Waals surface area contributed by atoms with E-state index < -0.39 is 10.0 Å². The molecule has 0 unspecified atom stereocenters. The van der Waals surface area contributed by atoms with Crippen molar-refractivity contribution in [3.05, 3.63) is 0 Å². The summed E-state index contributed by atoms with van der Waals surface area (Å²) in [6.45, 7) is 0. The van der Waals surface area contributed by atoms with E-state index in [1.54, 1.807) is 0 Å². The van der Waals surface area contributed by atoms with Gasteiger partial charge in [0, 0.05) is 5.33 Å². The fourth-order valence-electron chi connectivity index (χ4n) is 0.200. The Labute approximate surface area is 61.2 Å². The van der Waals surface area contributed by atoms with Gasteiger partial charge in [0.25, 0.3) is 16.1 Å². The highest BCUT2D eigenvalue weighted by Gasteiger charge is 2.04. The molecule has 0 aliphatic rings. The maximum atomic E-state index is 10.4. The van der Waals surface area contributed by atoms with Gasteiger partial charge in [0.2, 0.25) is 0 Å². The molecule has 4 nitrogen and oxygen atoms in total. The van der Waals surface area contributed by atoms with Crippen LogP contribution in [0.3, 0.4) is 0 Å². The number of alkyl halides is 1. The Bertz CT molecular complexity index is 215. The second kappa shape index (κ2) is 3.76. The second-order valence-corrected chi connectivity index (χ2v) is 3.71. The lowest BCUT2D eigenvalue weighted by molar-refractivity contribution is 0.563. The maximum Gasteiger partial charge on any atom is 0.264 e. The number of nitrogens with zero attached hydrogens (tertiary/aromatic N) is 1. The van der Waals surface area contributed by atoms with Gasteiger partial charge in [-0.15, -0.1) is 0 Å². The van der Waals surface area contributed by atoms with Crippen LogP contribution in [0.4, 0.5) is 0 Å². The van der Waals surface area contributed by atoms with E-state index in [9.17, 15) is 13.2 Å². The van der Waals surface area contributed by atoms with Gasteiger partial charge in [-0.2, -0.15) is 0 Å². The summed E-state index contributed by atoms with van der Waals surface area (Å²) < 4.78 is 23.3. The normalized spacial score (nSPS) is 10.3. The summed E-state index contributed by atoms with van der Waals surface area (Å²) in [5.74, 6) is -0.164. The molecule has 0 aliphatic heterocycles. The molecule has 0 saturated heterocycles. The Morgan fingerprint density at radius 1 is 1.56 bits per heavy atom. The van der Waals surface area contributed by atoms with E-state index in [-0.39, 0.29) is 11.1 Å². The van der Waals surface area contributed by atoms with Crippen molar-refractivity contribution in [2.75, 3.05) is 11.1 Å². The molecule has 6 heteroatoms. The van der Waals surface area contributed by atoms with Crippen LogP contribution in [0.2, 0.25) is 0 Å². The van der Waals surface area contributed by atoms with E-state index in [4.69, 9.17) is 0 Å². The number of rotatable bonds is 3. The topological polar surface area (TPSA) is 63.6 Å². The van der Waals surface area contributed by atoms with Crippen LogP contribution in [0.1, 0.15) is 0 Å². The summed E-state index contributed by atoms with van der Waals surface area (Å²) in [5.41, 5.74) is 0. The number of halogens is 1. The quantitative estimate of drug-likeness (QED) is 0.378. The molecule has 0 bridgehead atoms. The number of carbonyl (C=O) groups excluding carboxylic acids is 1. The molecule has 0 spiro atoms. The number of sulfonamides is 1. The molecule has 0 aromatic carbocycles. The highest BCUT2D eigenvalue weighted by Crippen LogP contribution is 1.92. The minimum absolute atomic E-state index is 0.164. The molecule has 9 heavy (non-hydrogen) atoms.